The van der Waals surface area contributed by atoms with Gasteiger partial charge in [-0.3, -0.25) is 4.79 Å². The number of allylic oxidation sites excluding steroid dienone is 2. The van der Waals surface area contributed by atoms with Crippen LogP contribution < -0.4 is 0 Å². The Morgan fingerprint density at radius 2 is 2.05 bits per heavy atom. The summed E-state index contributed by atoms with van der Waals surface area (Å²) < 4.78 is 0. The molecule has 1 aliphatic rings. The number of ketones is 1. The summed E-state index contributed by atoms with van der Waals surface area (Å²) in [6.45, 7) is 1.89. The van der Waals surface area contributed by atoms with Crippen molar-refractivity contribution in [3.05, 3.63) is 57.7 Å². The van der Waals surface area contributed by atoms with E-state index < -0.39 is 16.9 Å². The molecule has 0 amide bonds. The van der Waals surface area contributed by atoms with E-state index in [4.69, 9.17) is 0 Å². The highest BCUT2D eigenvalue weighted by molar-refractivity contribution is 5.95. The smallest absolute Gasteiger partial charge is 0.390 e. The molecule has 112 valence electrons. The van der Waals surface area contributed by atoms with Crippen molar-refractivity contribution in [2.45, 2.75) is 25.3 Å². The van der Waals surface area contributed by atoms with Crippen molar-refractivity contribution in [1.29, 1.82) is 0 Å². The van der Waals surface area contributed by atoms with E-state index in [0.717, 1.165) is 15.9 Å². The summed E-state index contributed by atoms with van der Waals surface area (Å²) in [5.74, 6) is -0.955. The van der Waals surface area contributed by atoms with Crippen LogP contribution in [0.2, 0.25) is 0 Å². The Morgan fingerprint density at radius 1 is 1.32 bits per heavy atom. The molecule has 0 bridgehead atoms. The zero-order chi connectivity index (χ0) is 15.7. The molecule has 1 heterocycles. The summed E-state index contributed by atoms with van der Waals surface area (Å²) in [4.78, 5) is 23.4. The van der Waals surface area contributed by atoms with E-state index in [2.05, 4.69) is 15.4 Å². The normalized spacial score (nSPS) is 21.5. The summed E-state index contributed by atoms with van der Waals surface area (Å²) in [6, 6.07) is 8.81. The Hall–Kier alpha value is -2.90. The molecule has 8 heteroatoms. The third kappa shape index (κ3) is 2.50. The highest BCUT2D eigenvalue weighted by Crippen LogP contribution is 2.38. The summed E-state index contributed by atoms with van der Waals surface area (Å²) in [5, 5.41) is 21.5. The van der Waals surface area contributed by atoms with Gasteiger partial charge in [0.05, 0.1) is 10.2 Å². The van der Waals surface area contributed by atoms with Crippen LogP contribution in [0.25, 0.3) is 0 Å². The lowest BCUT2D eigenvalue weighted by atomic mass is 9.80. The minimum Gasteiger partial charge on any atom is -0.390 e. The van der Waals surface area contributed by atoms with E-state index in [1.807, 2.05) is 37.3 Å². The molecule has 3 rings (SSSR count). The molecule has 0 unspecified atom stereocenters. The first kappa shape index (κ1) is 14.1. The maximum absolute atomic E-state index is 12.4. The highest BCUT2D eigenvalue weighted by Gasteiger charge is 2.38. The average molecular weight is 299 g/mol. The number of nitro groups is 1. The van der Waals surface area contributed by atoms with Crippen molar-refractivity contribution < 1.29 is 9.72 Å². The van der Waals surface area contributed by atoms with Gasteiger partial charge in [0, 0.05) is 11.1 Å². The third-order valence-corrected chi connectivity index (χ3v) is 3.66. The zero-order valence-corrected chi connectivity index (χ0v) is 11.8. The van der Waals surface area contributed by atoms with Crippen LogP contribution >= 0.6 is 0 Å². The van der Waals surface area contributed by atoms with E-state index in [1.165, 1.54) is 0 Å². The molecule has 0 fully saturated rings. The van der Waals surface area contributed by atoms with Crippen LogP contribution in [0.3, 0.4) is 0 Å². The van der Waals surface area contributed by atoms with Crippen molar-refractivity contribution in [2.24, 2.45) is 0 Å². The van der Waals surface area contributed by atoms with E-state index in [9.17, 15) is 14.9 Å². The molecule has 1 aromatic heterocycles. The van der Waals surface area contributed by atoms with Gasteiger partial charge in [0.25, 0.3) is 0 Å². The monoisotopic (exact) mass is 299 g/mol. The Balaban J connectivity index is 2.04. The van der Waals surface area contributed by atoms with Gasteiger partial charge in [0.1, 0.15) is 0 Å². The first-order valence-electron chi connectivity index (χ1n) is 6.76. The molecule has 2 aromatic rings. The number of benzene rings is 1. The summed E-state index contributed by atoms with van der Waals surface area (Å²) >= 11 is 0. The Morgan fingerprint density at radius 3 is 2.68 bits per heavy atom. The lowest BCUT2D eigenvalue weighted by Gasteiger charge is -2.27. The van der Waals surface area contributed by atoms with Crippen LogP contribution in [0.5, 0.6) is 0 Å². The number of hydrogen-bond acceptors (Lipinski definition) is 6. The van der Waals surface area contributed by atoms with Crippen LogP contribution in [0.4, 0.5) is 5.95 Å². The van der Waals surface area contributed by atoms with Gasteiger partial charge in [-0.25, -0.2) is 0 Å². The maximum Gasteiger partial charge on any atom is 0.514 e. The summed E-state index contributed by atoms with van der Waals surface area (Å²) in [6.07, 6.45) is 2.20. The minimum atomic E-state index is -0.727. The second kappa shape index (κ2) is 5.47. The third-order valence-electron chi connectivity index (χ3n) is 3.66. The van der Waals surface area contributed by atoms with Gasteiger partial charge in [-0.15, -0.1) is 0 Å². The van der Waals surface area contributed by atoms with Crippen LogP contribution in [-0.4, -0.2) is 30.9 Å². The highest BCUT2D eigenvalue weighted by atomic mass is 16.6. The van der Waals surface area contributed by atoms with Crippen molar-refractivity contribution in [2.75, 3.05) is 0 Å². The average Bonchev–Trinajstić information content (AvgIpc) is 2.97. The van der Waals surface area contributed by atoms with Gasteiger partial charge in [-0.2, -0.15) is 0 Å². The molecular formula is C14H13N5O3. The fraction of sp³-hybridized carbons (Fsp3) is 0.286. The SMILES string of the molecule is CC1=CC(=O)[C@@H](n2nnc([N+](=O)[O-])n2)[C@H](c2ccccc2)C1. The number of nitrogens with zero attached hydrogens (tertiary/aromatic N) is 5. The standard InChI is InChI=1S/C14H13N5O3/c1-9-7-11(10-5-3-2-4-6-10)13(12(20)8-9)18-16-14(15-17-18)19(21)22/h2-6,8,11,13H,7H2,1H3/t11-,13-/m0/s1. The van der Waals surface area contributed by atoms with Gasteiger partial charge in [-0.05, 0) is 29.9 Å². The van der Waals surface area contributed by atoms with Gasteiger partial charge in [0.2, 0.25) is 0 Å². The fourth-order valence-electron chi connectivity index (χ4n) is 2.73. The number of carbonyl (C=O) groups is 1. The number of aromatic nitrogens is 4. The van der Waals surface area contributed by atoms with Crippen LogP contribution in [0.15, 0.2) is 42.0 Å². The minimum absolute atomic E-state index is 0.174. The molecule has 0 saturated heterocycles. The predicted molar refractivity (Wildman–Crippen MR) is 76.1 cm³/mol. The number of rotatable bonds is 3. The van der Waals surface area contributed by atoms with E-state index in [-0.39, 0.29) is 11.7 Å². The van der Waals surface area contributed by atoms with Gasteiger partial charge in [-0.1, -0.05) is 40.7 Å². The molecular weight excluding hydrogens is 286 g/mol. The van der Waals surface area contributed by atoms with E-state index >= 15 is 0 Å². The van der Waals surface area contributed by atoms with E-state index in [0.29, 0.717) is 6.42 Å². The Labute approximate surface area is 125 Å². The first-order valence-corrected chi connectivity index (χ1v) is 6.76. The fourth-order valence-corrected chi connectivity index (χ4v) is 2.73. The molecule has 0 aliphatic heterocycles. The van der Waals surface area contributed by atoms with Crippen molar-refractivity contribution in [1.82, 2.24) is 20.2 Å². The van der Waals surface area contributed by atoms with Crippen molar-refractivity contribution in [3.8, 4) is 0 Å². The topological polar surface area (TPSA) is 104 Å². The zero-order valence-electron chi connectivity index (χ0n) is 11.8. The summed E-state index contributed by atoms with van der Waals surface area (Å²) in [5.41, 5.74) is 1.93. The molecule has 1 aliphatic carbocycles. The molecule has 8 nitrogen and oxygen atoms in total. The molecule has 1 aromatic carbocycles. The lowest BCUT2D eigenvalue weighted by molar-refractivity contribution is -0.394. The lowest BCUT2D eigenvalue weighted by Crippen LogP contribution is -2.30. The van der Waals surface area contributed by atoms with Gasteiger partial charge in [0.15, 0.2) is 11.8 Å². The van der Waals surface area contributed by atoms with Crippen LogP contribution in [0.1, 0.15) is 30.9 Å². The van der Waals surface area contributed by atoms with Gasteiger partial charge >= 0.3 is 5.95 Å². The molecule has 22 heavy (non-hydrogen) atoms. The predicted octanol–water partition coefficient (Wildman–Crippen LogP) is 1.83. The first-order chi connectivity index (χ1) is 10.6. The van der Waals surface area contributed by atoms with Crippen molar-refractivity contribution >= 4 is 11.7 Å². The summed E-state index contributed by atoms with van der Waals surface area (Å²) in [7, 11) is 0. The van der Waals surface area contributed by atoms with Crippen molar-refractivity contribution in [3.63, 3.8) is 0 Å². The molecule has 0 spiro atoms. The quantitative estimate of drug-likeness (QED) is 0.632. The van der Waals surface area contributed by atoms with E-state index in [1.54, 1.807) is 6.08 Å². The molecule has 0 saturated carbocycles. The second-order valence-electron chi connectivity index (χ2n) is 5.23. The number of tetrazole rings is 1. The Bertz CT molecular complexity index is 753. The van der Waals surface area contributed by atoms with Gasteiger partial charge < -0.3 is 10.1 Å². The van der Waals surface area contributed by atoms with Crippen LogP contribution in [0, 0.1) is 10.1 Å². The number of hydrogen-bond donors (Lipinski definition) is 0. The maximum atomic E-state index is 12.4. The van der Waals surface area contributed by atoms with Crippen LogP contribution in [-0.2, 0) is 4.79 Å². The largest absolute Gasteiger partial charge is 0.514 e. The second-order valence-corrected chi connectivity index (χ2v) is 5.23. The molecule has 0 N–H and O–H groups in total. The Kier molecular flexibility index (Phi) is 3.50. The number of carbonyl (C=O) groups excluding carboxylic acids is 1. The molecule has 2 atom stereocenters. The molecule has 0 radical (unpaired) electrons.